The van der Waals surface area contributed by atoms with Gasteiger partial charge in [-0.2, -0.15) is 0 Å². The fraction of sp³-hybridized carbons (Fsp3) is 0.231. The monoisotopic (exact) mass is 263 g/mol. The highest BCUT2D eigenvalue weighted by atomic mass is 32.1. The summed E-state index contributed by atoms with van der Waals surface area (Å²) in [6.45, 7) is 0.641. The first-order valence-electron chi connectivity index (χ1n) is 5.48. The average molecular weight is 263 g/mol. The lowest BCUT2D eigenvalue weighted by Gasteiger charge is -1.99. The number of benzene rings is 1. The van der Waals surface area contributed by atoms with Crippen LogP contribution in [0.4, 0.5) is 0 Å². The third-order valence-electron chi connectivity index (χ3n) is 2.48. The predicted octanol–water partition coefficient (Wildman–Crippen LogP) is 2.70. The Morgan fingerprint density at radius 1 is 1.50 bits per heavy atom. The van der Waals surface area contributed by atoms with E-state index < -0.39 is 5.97 Å². The fourth-order valence-electron chi connectivity index (χ4n) is 1.56. The molecule has 0 fully saturated rings. The summed E-state index contributed by atoms with van der Waals surface area (Å²) in [5.74, 6) is -0.924. The van der Waals surface area contributed by atoms with E-state index in [1.807, 2.05) is 11.4 Å². The van der Waals surface area contributed by atoms with Crippen molar-refractivity contribution < 1.29 is 14.6 Å². The van der Waals surface area contributed by atoms with Gasteiger partial charge in [0.2, 0.25) is 0 Å². The van der Waals surface area contributed by atoms with Gasteiger partial charge in [0.25, 0.3) is 0 Å². The topological polar surface area (TPSA) is 59.4 Å². The first-order valence-corrected chi connectivity index (χ1v) is 6.35. The van der Waals surface area contributed by atoms with Gasteiger partial charge in [-0.15, -0.1) is 11.3 Å². The highest BCUT2D eigenvalue weighted by molar-refractivity contribution is 7.09. The minimum absolute atomic E-state index is 0.277. The van der Waals surface area contributed by atoms with Crippen molar-refractivity contribution in [3.8, 4) is 11.3 Å². The van der Waals surface area contributed by atoms with Gasteiger partial charge < -0.3 is 9.84 Å². The molecule has 0 bridgehead atoms. The van der Waals surface area contributed by atoms with Gasteiger partial charge in [-0.05, 0) is 12.1 Å². The molecular weight excluding hydrogens is 250 g/mol. The summed E-state index contributed by atoms with van der Waals surface area (Å²) < 4.78 is 5.00. The molecular formula is C13H13NO3S. The largest absolute Gasteiger partial charge is 0.478 e. The number of hydrogen-bond donors (Lipinski definition) is 1. The van der Waals surface area contributed by atoms with Crippen molar-refractivity contribution in [1.29, 1.82) is 0 Å². The number of rotatable bonds is 5. The number of nitrogens with zero attached hydrogens (tertiary/aromatic N) is 1. The van der Waals surface area contributed by atoms with E-state index in [9.17, 15) is 4.79 Å². The highest BCUT2D eigenvalue weighted by Crippen LogP contribution is 2.23. The summed E-state index contributed by atoms with van der Waals surface area (Å²) >= 11 is 1.56. The van der Waals surface area contributed by atoms with Crippen LogP contribution in [0.15, 0.2) is 29.6 Å². The van der Waals surface area contributed by atoms with E-state index in [1.54, 1.807) is 36.6 Å². The second-order valence-corrected chi connectivity index (χ2v) is 4.70. The third-order valence-corrected chi connectivity index (χ3v) is 3.39. The van der Waals surface area contributed by atoms with E-state index in [-0.39, 0.29) is 5.56 Å². The van der Waals surface area contributed by atoms with Crippen molar-refractivity contribution in [3.63, 3.8) is 0 Å². The van der Waals surface area contributed by atoms with Crippen LogP contribution in [0.2, 0.25) is 0 Å². The standard InChI is InChI=1S/C13H13NO3S/c1-17-6-5-12-14-11(8-18-12)9-3-2-4-10(7-9)13(15)16/h2-4,7-8H,5-6H2,1H3,(H,15,16). The molecule has 0 aliphatic rings. The zero-order valence-corrected chi connectivity index (χ0v) is 10.7. The Hall–Kier alpha value is -1.72. The Bertz CT molecular complexity index is 551. The van der Waals surface area contributed by atoms with Gasteiger partial charge in [0, 0.05) is 24.5 Å². The molecule has 0 radical (unpaired) electrons. The minimum atomic E-state index is -0.924. The van der Waals surface area contributed by atoms with Gasteiger partial charge in [-0.3, -0.25) is 0 Å². The molecule has 0 unspecified atom stereocenters. The SMILES string of the molecule is COCCc1nc(-c2cccc(C(=O)O)c2)cs1. The average Bonchev–Trinajstić information content (AvgIpc) is 2.85. The van der Waals surface area contributed by atoms with Crippen molar-refractivity contribution >= 4 is 17.3 Å². The minimum Gasteiger partial charge on any atom is -0.478 e. The van der Waals surface area contributed by atoms with Gasteiger partial charge in [-0.25, -0.2) is 9.78 Å². The first kappa shape index (κ1) is 12.7. The molecule has 0 aliphatic heterocycles. The summed E-state index contributed by atoms with van der Waals surface area (Å²) in [5, 5.41) is 11.9. The number of thiazole rings is 1. The molecule has 0 atom stereocenters. The Morgan fingerprint density at radius 3 is 3.06 bits per heavy atom. The van der Waals surface area contributed by atoms with E-state index >= 15 is 0 Å². The number of carboxylic acids is 1. The smallest absolute Gasteiger partial charge is 0.335 e. The lowest BCUT2D eigenvalue weighted by Crippen LogP contribution is -1.96. The fourth-order valence-corrected chi connectivity index (χ4v) is 2.35. The molecule has 1 N–H and O–H groups in total. The number of ether oxygens (including phenoxy) is 1. The van der Waals surface area contributed by atoms with Gasteiger partial charge in [0.05, 0.1) is 22.9 Å². The van der Waals surface area contributed by atoms with Crippen molar-refractivity contribution in [2.75, 3.05) is 13.7 Å². The lowest BCUT2D eigenvalue weighted by molar-refractivity contribution is 0.0697. The Labute approximate surface area is 109 Å². The number of hydrogen-bond acceptors (Lipinski definition) is 4. The van der Waals surface area contributed by atoms with Crippen LogP contribution in [0, 0.1) is 0 Å². The maximum Gasteiger partial charge on any atom is 0.335 e. The second-order valence-electron chi connectivity index (χ2n) is 3.76. The van der Waals surface area contributed by atoms with Crippen LogP contribution in [0.25, 0.3) is 11.3 Å². The molecule has 94 valence electrons. The number of aromatic carboxylic acids is 1. The van der Waals surface area contributed by atoms with E-state index in [2.05, 4.69) is 4.98 Å². The van der Waals surface area contributed by atoms with E-state index in [0.717, 1.165) is 22.7 Å². The summed E-state index contributed by atoms with van der Waals surface area (Å²) in [6, 6.07) is 6.80. The van der Waals surface area contributed by atoms with Gasteiger partial charge in [0.15, 0.2) is 0 Å². The van der Waals surface area contributed by atoms with Crippen LogP contribution in [0.3, 0.4) is 0 Å². The molecule has 18 heavy (non-hydrogen) atoms. The van der Waals surface area contributed by atoms with Crippen LogP contribution < -0.4 is 0 Å². The van der Waals surface area contributed by atoms with Gasteiger partial charge in [0.1, 0.15) is 0 Å². The van der Waals surface area contributed by atoms with Crippen LogP contribution in [-0.2, 0) is 11.2 Å². The predicted molar refractivity (Wildman–Crippen MR) is 70.1 cm³/mol. The van der Waals surface area contributed by atoms with Crippen LogP contribution in [-0.4, -0.2) is 29.8 Å². The molecule has 0 aliphatic carbocycles. The molecule has 1 aromatic heterocycles. The van der Waals surface area contributed by atoms with E-state index in [0.29, 0.717) is 6.61 Å². The Kier molecular flexibility index (Phi) is 4.07. The lowest BCUT2D eigenvalue weighted by atomic mass is 10.1. The molecule has 0 amide bonds. The zero-order valence-electron chi connectivity index (χ0n) is 9.92. The molecule has 0 saturated carbocycles. The van der Waals surface area contributed by atoms with Crippen LogP contribution >= 0.6 is 11.3 Å². The van der Waals surface area contributed by atoms with Crippen LogP contribution in [0.5, 0.6) is 0 Å². The highest BCUT2D eigenvalue weighted by Gasteiger charge is 2.08. The molecule has 0 saturated heterocycles. The summed E-state index contributed by atoms with van der Waals surface area (Å²) in [4.78, 5) is 15.4. The van der Waals surface area contributed by atoms with Crippen molar-refractivity contribution in [2.24, 2.45) is 0 Å². The molecule has 0 spiro atoms. The number of carbonyl (C=O) groups is 1. The molecule has 2 rings (SSSR count). The molecule has 4 nitrogen and oxygen atoms in total. The van der Waals surface area contributed by atoms with Crippen molar-refractivity contribution in [2.45, 2.75) is 6.42 Å². The zero-order chi connectivity index (χ0) is 13.0. The van der Waals surface area contributed by atoms with E-state index in [4.69, 9.17) is 9.84 Å². The summed E-state index contributed by atoms with van der Waals surface area (Å²) in [6.07, 6.45) is 0.778. The summed E-state index contributed by atoms with van der Waals surface area (Å²) in [5.41, 5.74) is 1.92. The first-order chi connectivity index (χ1) is 8.70. The van der Waals surface area contributed by atoms with E-state index in [1.165, 1.54) is 0 Å². The second kappa shape index (κ2) is 5.75. The molecule has 1 aromatic carbocycles. The molecule has 5 heteroatoms. The van der Waals surface area contributed by atoms with Crippen molar-refractivity contribution in [1.82, 2.24) is 4.98 Å². The summed E-state index contributed by atoms with van der Waals surface area (Å²) in [7, 11) is 1.66. The maximum absolute atomic E-state index is 10.9. The number of carboxylic acid groups (broad SMARTS) is 1. The third kappa shape index (κ3) is 2.94. The normalized spacial score (nSPS) is 10.5. The Morgan fingerprint density at radius 2 is 2.33 bits per heavy atom. The number of aromatic nitrogens is 1. The van der Waals surface area contributed by atoms with Gasteiger partial charge >= 0.3 is 5.97 Å². The van der Waals surface area contributed by atoms with Crippen molar-refractivity contribution in [3.05, 3.63) is 40.2 Å². The maximum atomic E-state index is 10.9. The number of methoxy groups -OCH3 is 1. The van der Waals surface area contributed by atoms with Gasteiger partial charge in [-0.1, -0.05) is 12.1 Å². The molecule has 1 heterocycles. The quantitative estimate of drug-likeness (QED) is 0.901. The van der Waals surface area contributed by atoms with Crippen LogP contribution in [0.1, 0.15) is 15.4 Å². The Balaban J connectivity index is 2.23. The molecule has 2 aromatic rings.